The molecule has 0 spiro atoms. The highest BCUT2D eigenvalue weighted by Crippen LogP contribution is 2.51. The first-order valence-corrected chi connectivity index (χ1v) is 10.3. The Bertz CT molecular complexity index is 839. The first-order chi connectivity index (χ1) is 15.0. The maximum Gasteiger partial charge on any atom is 0.320 e. The lowest BCUT2D eigenvalue weighted by Crippen LogP contribution is -2.48. The maximum absolute atomic E-state index is 11.5. The Morgan fingerprint density at radius 1 is 0.812 bits per heavy atom. The molecular weight excluding hydrogens is 432 g/mol. The molecule has 0 aromatic heterocycles. The summed E-state index contributed by atoms with van der Waals surface area (Å²) >= 11 is 0. The fraction of sp³-hybridized carbons (Fsp3) is 0.750. The molecule has 5 fully saturated rings. The molecule has 4 bridgehead atoms. The quantitative estimate of drug-likeness (QED) is 0.342. The molecule has 0 amide bonds. The Kier molecular flexibility index (Phi) is 5.50. The molecule has 0 saturated carbocycles. The van der Waals surface area contributed by atoms with Crippen molar-refractivity contribution in [1.29, 1.82) is 0 Å². The van der Waals surface area contributed by atoms with Gasteiger partial charge in [0.25, 0.3) is 0 Å². The maximum atomic E-state index is 11.5. The molecule has 12 heteroatoms. The molecule has 5 saturated heterocycles. The molecule has 3 N–H and O–H groups in total. The number of hydrogen-bond acceptors (Lipinski definition) is 10. The van der Waals surface area contributed by atoms with Gasteiger partial charge in [-0.2, -0.15) is 0 Å². The molecule has 5 aliphatic rings. The van der Waals surface area contributed by atoms with Crippen molar-refractivity contribution in [2.24, 2.45) is 35.5 Å². The van der Waals surface area contributed by atoms with Gasteiger partial charge in [-0.3, -0.25) is 24.0 Å². The smallest absolute Gasteiger partial charge is 0.320 e. The van der Waals surface area contributed by atoms with Crippen LogP contribution < -0.4 is 0 Å². The Labute approximate surface area is 181 Å². The van der Waals surface area contributed by atoms with Gasteiger partial charge in [0.15, 0.2) is 0 Å². The van der Waals surface area contributed by atoms with E-state index in [0.717, 1.165) is 0 Å². The lowest BCUT2D eigenvalue weighted by atomic mass is 9.73. The number of carboxylic acids is 2. The predicted octanol–water partition coefficient (Wildman–Crippen LogP) is -1.18. The van der Waals surface area contributed by atoms with Crippen LogP contribution in [0.2, 0.25) is 0 Å². The van der Waals surface area contributed by atoms with E-state index in [1.807, 2.05) is 6.92 Å². The van der Waals surface area contributed by atoms with Gasteiger partial charge in [0, 0.05) is 18.8 Å². The summed E-state index contributed by atoms with van der Waals surface area (Å²) < 4.78 is 20.6. The van der Waals surface area contributed by atoms with Crippen LogP contribution in [0.25, 0.3) is 0 Å². The van der Waals surface area contributed by atoms with Gasteiger partial charge in [-0.25, -0.2) is 0 Å². The van der Waals surface area contributed by atoms with Crippen LogP contribution in [0.4, 0.5) is 0 Å². The summed E-state index contributed by atoms with van der Waals surface area (Å²) in [5.41, 5.74) is 0. The lowest BCUT2D eigenvalue weighted by molar-refractivity contribution is -0.159. The van der Waals surface area contributed by atoms with Crippen LogP contribution in [-0.2, 0) is 42.9 Å². The second-order valence-electron chi connectivity index (χ2n) is 8.93. The number of carbonyl (C=O) groups is 5. The van der Waals surface area contributed by atoms with E-state index >= 15 is 0 Å². The average molecular weight is 456 g/mol. The zero-order chi connectivity index (χ0) is 23.6. The van der Waals surface area contributed by atoms with Gasteiger partial charge < -0.3 is 34.3 Å². The van der Waals surface area contributed by atoms with E-state index in [1.54, 1.807) is 6.92 Å². The number of fused-ring (bicyclic) bond motifs is 7. The van der Waals surface area contributed by atoms with Crippen LogP contribution in [0, 0.1) is 35.5 Å². The standard InChI is InChI=1S/C11H12O6.C9H12O6/c1-3-7-5-6(11(14)17-10(5)13)9(16-7)8(3)15-4(2)12;1-2-5(10)7-4(9(13)14)3(8(11)12)6(2)15-7/h3,5-9H,1-2H3;2-7,10H,1H3,(H,11,12)(H,13,14)/t3-,5?,6?,7-,8?,9?;2-,3?,4?,5?,6+,7?/m10/s1. The topological polar surface area (TPSA) is 183 Å². The van der Waals surface area contributed by atoms with Gasteiger partial charge in [0.1, 0.15) is 24.0 Å². The lowest BCUT2D eigenvalue weighted by Gasteiger charge is -2.29. The molecule has 0 aromatic carbocycles. The largest absolute Gasteiger partial charge is 0.481 e. The highest BCUT2D eigenvalue weighted by Gasteiger charge is 2.68. The van der Waals surface area contributed by atoms with Gasteiger partial charge in [-0.15, -0.1) is 0 Å². The number of esters is 3. The second kappa shape index (κ2) is 7.78. The summed E-state index contributed by atoms with van der Waals surface area (Å²) in [6.07, 6.45) is -3.84. The molecule has 8 unspecified atom stereocenters. The van der Waals surface area contributed by atoms with Crippen LogP contribution in [-0.4, -0.2) is 81.8 Å². The molecule has 5 aliphatic heterocycles. The molecule has 5 rings (SSSR count). The molecule has 5 heterocycles. The number of cyclic esters (lactones) is 2. The van der Waals surface area contributed by atoms with Crippen molar-refractivity contribution in [1.82, 2.24) is 0 Å². The third-order valence-electron chi connectivity index (χ3n) is 7.19. The first kappa shape index (κ1) is 22.6. The molecule has 0 aromatic rings. The molecule has 12 atom stereocenters. The molecule has 0 aliphatic carbocycles. The van der Waals surface area contributed by atoms with E-state index in [4.69, 9.17) is 24.4 Å². The fourth-order valence-corrected chi connectivity index (χ4v) is 5.73. The van der Waals surface area contributed by atoms with Crippen LogP contribution >= 0.6 is 0 Å². The number of carbonyl (C=O) groups excluding carboxylic acids is 3. The Morgan fingerprint density at radius 2 is 1.31 bits per heavy atom. The number of hydrogen-bond donors (Lipinski definition) is 3. The monoisotopic (exact) mass is 456 g/mol. The van der Waals surface area contributed by atoms with E-state index in [-0.39, 0.29) is 17.9 Å². The Balaban J connectivity index is 0.000000155. The first-order valence-electron chi connectivity index (χ1n) is 10.3. The highest BCUT2D eigenvalue weighted by atomic mass is 16.6. The van der Waals surface area contributed by atoms with Crippen molar-refractivity contribution >= 4 is 29.8 Å². The third-order valence-corrected chi connectivity index (χ3v) is 7.19. The molecule has 12 nitrogen and oxygen atoms in total. The SMILES string of the molecule is CC(=O)OC1C2O[C@@H](C3C(=O)OC(=O)C23)[C@H]1C.C[C@H]1C(O)C2O[C@H]1C(C(=O)O)C2C(=O)O. The Morgan fingerprint density at radius 3 is 1.84 bits per heavy atom. The van der Waals surface area contributed by atoms with E-state index in [9.17, 15) is 29.1 Å². The zero-order valence-electron chi connectivity index (χ0n) is 17.4. The van der Waals surface area contributed by atoms with Crippen molar-refractivity contribution in [2.45, 2.75) is 57.4 Å². The number of aliphatic hydroxyl groups excluding tert-OH is 1. The van der Waals surface area contributed by atoms with Gasteiger partial charge in [0.05, 0.1) is 36.3 Å². The van der Waals surface area contributed by atoms with Gasteiger partial charge in [-0.05, 0) is 0 Å². The number of aliphatic carboxylic acids is 2. The molecule has 176 valence electrons. The minimum atomic E-state index is -1.22. The molecule has 0 radical (unpaired) electrons. The normalized spacial score (nSPS) is 47.5. The molecule has 32 heavy (non-hydrogen) atoms. The zero-order valence-corrected chi connectivity index (χ0v) is 17.4. The van der Waals surface area contributed by atoms with E-state index in [2.05, 4.69) is 4.74 Å². The summed E-state index contributed by atoms with van der Waals surface area (Å²) in [5.74, 6) is -7.61. The summed E-state index contributed by atoms with van der Waals surface area (Å²) in [5, 5.41) is 27.5. The second-order valence-corrected chi connectivity index (χ2v) is 8.93. The predicted molar refractivity (Wildman–Crippen MR) is 97.5 cm³/mol. The van der Waals surface area contributed by atoms with Crippen LogP contribution in [0.15, 0.2) is 0 Å². The highest BCUT2D eigenvalue weighted by molar-refractivity contribution is 5.98. The minimum Gasteiger partial charge on any atom is -0.481 e. The fourth-order valence-electron chi connectivity index (χ4n) is 5.73. The number of ether oxygens (including phenoxy) is 4. The Hall–Kier alpha value is -2.57. The van der Waals surface area contributed by atoms with Crippen LogP contribution in [0.5, 0.6) is 0 Å². The summed E-state index contributed by atoms with van der Waals surface area (Å²) in [6, 6.07) is 0. The van der Waals surface area contributed by atoms with Gasteiger partial charge in [-0.1, -0.05) is 13.8 Å². The third kappa shape index (κ3) is 3.20. The average Bonchev–Trinajstić information content (AvgIpc) is 3.46. The van der Waals surface area contributed by atoms with Crippen molar-refractivity contribution in [2.75, 3.05) is 0 Å². The van der Waals surface area contributed by atoms with Gasteiger partial charge >= 0.3 is 29.8 Å². The van der Waals surface area contributed by atoms with Crippen molar-refractivity contribution < 1.29 is 58.2 Å². The van der Waals surface area contributed by atoms with Crippen LogP contribution in [0.3, 0.4) is 0 Å². The number of aliphatic hydroxyl groups is 1. The van der Waals surface area contributed by atoms with Crippen LogP contribution in [0.1, 0.15) is 20.8 Å². The van der Waals surface area contributed by atoms with Gasteiger partial charge in [0.2, 0.25) is 0 Å². The van der Waals surface area contributed by atoms with E-state index in [0.29, 0.717) is 0 Å². The van der Waals surface area contributed by atoms with E-state index < -0.39 is 84.0 Å². The summed E-state index contributed by atoms with van der Waals surface area (Å²) in [4.78, 5) is 55.9. The number of rotatable bonds is 3. The van der Waals surface area contributed by atoms with Crippen molar-refractivity contribution in [3.63, 3.8) is 0 Å². The minimum absolute atomic E-state index is 0.0939. The number of carboxylic acid groups (broad SMARTS) is 2. The van der Waals surface area contributed by atoms with Crippen molar-refractivity contribution in [3.8, 4) is 0 Å². The van der Waals surface area contributed by atoms with Crippen molar-refractivity contribution in [3.05, 3.63) is 0 Å². The summed E-state index contributed by atoms with van der Waals surface area (Å²) in [7, 11) is 0. The molecular formula is C20H24O12. The van der Waals surface area contributed by atoms with E-state index in [1.165, 1.54) is 6.92 Å². The summed E-state index contributed by atoms with van der Waals surface area (Å²) in [6.45, 7) is 4.84.